The van der Waals surface area contributed by atoms with Crippen molar-refractivity contribution in [3.05, 3.63) is 87.0 Å². The van der Waals surface area contributed by atoms with Crippen molar-refractivity contribution in [3.8, 4) is 11.3 Å². The predicted octanol–water partition coefficient (Wildman–Crippen LogP) is 4.47. The molecule has 33 heavy (non-hydrogen) atoms. The summed E-state index contributed by atoms with van der Waals surface area (Å²) in [5.41, 5.74) is 3.10. The Hall–Kier alpha value is -3.85. The van der Waals surface area contributed by atoms with Gasteiger partial charge in [0.25, 0.3) is 11.6 Å². The van der Waals surface area contributed by atoms with Crippen LogP contribution in [0, 0.1) is 16.0 Å². The van der Waals surface area contributed by atoms with Crippen LogP contribution in [-0.4, -0.2) is 34.3 Å². The van der Waals surface area contributed by atoms with E-state index < -0.39 is 4.92 Å². The number of anilines is 1. The molecule has 9 heteroatoms. The number of nitrogens with zero attached hydrogens (tertiary/aromatic N) is 5. The summed E-state index contributed by atoms with van der Waals surface area (Å²) in [5.74, 6) is 0.108. The summed E-state index contributed by atoms with van der Waals surface area (Å²) in [6.45, 7) is 8.79. The smallest absolute Gasteiger partial charge is 0.279 e. The molecule has 8 nitrogen and oxygen atoms in total. The van der Waals surface area contributed by atoms with Gasteiger partial charge in [0.05, 0.1) is 22.8 Å². The predicted molar refractivity (Wildman–Crippen MR) is 131 cm³/mol. The molecule has 0 saturated heterocycles. The highest BCUT2D eigenvalue weighted by atomic mass is 32.1. The number of thiazole rings is 1. The van der Waals surface area contributed by atoms with Crippen molar-refractivity contribution in [2.24, 2.45) is 16.0 Å². The van der Waals surface area contributed by atoms with Gasteiger partial charge in [-0.3, -0.25) is 19.9 Å². The fourth-order valence-corrected chi connectivity index (χ4v) is 4.47. The molecule has 0 unspecified atom stereocenters. The Bertz CT molecular complexity index is 1340. The van der Waals surface area contributed by atoms with E-state index in [0.29, 0.717) is 34.9 Å². The van der Waals surface area contributed by atoms with Crippen molar-refractivity contribution in [2.45, 2.75) is 13.8 Å². The van der Waals surface area contributed by atoms with Crippen molar-refractivity contribution < 1.29 is 9.72 Å². The lowest BCUT2D eigenvalue weighted by Gasteiger charge is -2.18. The normalized spacial score (nSPS) is 14.9. The number of nitro benzene ring substituents is 1. The molecule has 2 heterocycles. The fraction of sp³-hybridized carbons (Fsp3) is 0.208. The quantitative estimate of drug-likeness (QED) is 0.295. The second-order valence-corrected chi connectivity index (χ2v) is 8.76. The first-order chi connectivity index (χ1) is 15.9. The maximum absolute atomic E-state index is 13.4. The topological polar surface area (TPSA) is 93.1 Å². The summed E-state index contributed by atoms with van der Waals surface area (Å²) in [4.78, 5) is 31.1. The summed E-state index contributed by atoms with van der Waals surface area (Å²) >= 11 is 1.35. The van der Waals surface area contributed by atoms with Crippen LogP contribution in [0.25, 0.3) is 11.3 Å². The first-order valence-electron chi connectivity index (χ1n) is 10.5. The van der Waals surface area contributed by atoms with Crippen LogP contribution in [0.1, 0.15) is 19.4 Å². The van der Waals surface area contributed by atoms with Gasteiger partial charge in [-0.1, -0.05) is 50.3 Å². The minimum Gasteiger partial charge on any atom is -0.306 e. The summed E-state index contributed by atoms with van der Waals surface area (Å²) in [6, 6.07) is 13.9. The standard InChI is InChI=1S/C24H23N5O3S/c1-4-12-25-24-28(21(15-33-24)17-8-7-9-18(13-17)29(31)32)26-22-19-10-5-6-11-20(19)27(23(22)30)14-16(2)3/h4-11,13,15-16H,1,12,14H2,2-3H3. The van der Waals surface area contributed by atoms with Crippen LogP contribution in [-0.2, 0) is 4.79 Å². The number of carbonyl (C=O) groups is 1. The lowest BCUT2D eigenvalue weighted by Crippen LogP contribution is -2.33. The number of nitro groups is 1. The molecule has 0 aliphatic carbocycles. The minimum atomic E-state index is -0.435. The van der Waals surface area contributed by atoms with E-state index in [-0.39, 0.29) is 17.5 Å². The zero-order chi connectivity index (χ0) is 23.5. The number of non-ortho nitro benzene ring substituents is 1. The molecule has 0 bridgehead atoms. The molecule has 0 spiro atoms. The highest BCUT2D eigenvalue weighted by molar-refractivity contribution is 7.07. The molecule has 1 aliphatic rings. The Morgan fingerprint density at radius 2 is 2.00 bits per heavy atom. The van der Waals surface area contributed by atoms with Gasteiger partial charge in [-0.05, 0) is 12.0 Å². The SMILES string of the molecule is C=CCN=c1scc(-c2cccc([N+](=O)[O-])c2)n1N=C1C(=O)N(CC(C)C)c2ccccc21. The monoisotopic (exact) mass is 461 g/mol. The highest BCUT2D eigenvalue weighted by Gasteiger charge is 2.34. The van der Waals surface area contributed by atoms with Gasteiger partial charge in [0.2, 0.25) is 4.80 Å². The van der Waals surface area contributed by atoms with E-state index in [1.165, 1.54) is 23.5 Å². The van der Waals surface area contributed by atoms with Gasteiger partial charge in [0, 0.05) is 35.2 Å². The first-order valence-corrected chi connectivity index (χ1v) is 11.4. The molecular weight excluding hydrogens is 438 g/mol. The molecule has 168 valence electrons. The summed E-state index contributed by atoms with van der Waals surface area (Å²) < 4.78 is 1.59. The Kier molecular flexibility index (Phi) is 6.32. The van der Waals surface area contributed by atoms with E-state index in [1.807, 2.05) is 29.6 Å². The van der Waals surface area contributed by atoms with Crippen molar-refractivity contribution in [1.29, 1.82) is 0 Å². The third kappa shape index (κ3) is 4.40. The van der Waals surface area contributed by atoms with Gasteiger partial charge >= 0.3 is 0 Å². The van der Waals surface area contributed by atoms with Crippen LogP contribution < -0.4 is 9.70 Å². The lowest BCUT2D eigenvalue weighted by molar-refractivity contribution is -0.384. The maximum Gasteiger partial charge on any atom is 0.279 e. The van der Waals surface area contributed by atoms with Gasteiger partial charge in [-0.25, -0.2) is 4.68 Å². The second-order valence-electron chi connectivity index (χ2n) is 7.93. The average Bonchev–Trinajstić information content (AvgIpc) is 3.32. The Morgan fingerprint density at radius 3 is 2.73 bits per heavy atom. The molecule has 0 atom stereocenters. The maximum atomic E-state index is 13.4. The van der Waals surface area contributed by atoms with Crippen LogP contribution in [0.4, 0.5) is 11.4 Å². The molecule has 1 aromatic heterocycles. The van der Waals surface area contributed by atoms with Crippen LogP contribution in [0.5, 0.6) is 0 Å². The second kappa shape index (κ2) is 9.33. The molecule has 0 radical (unpaired) electrons. The van der Waals surface area contributed by atoms with Crippen molar-refractivity contribution in [1.82, 2.24) is 4.68 Å². The van der Waals surface area contributed by atoms with E-state index >= 15 is 0 Å². The number of rotatable bonds is 7. The molecule has 0 saturated carbocycles. The van der Waals surface area contributed by atoms with Crippen LogP contribution in [0.3, 0.4) is 0 Å². The summed E-state index contributed by atoms with van der Waals surface area (Å²) in [5, 5.41) is 17.9. The minimum absolute atomic E-state index is 0.0205. The van der Waals surface area contributed by atoms with Crippen molar-refractivity contribution in [2.75, 3.05) is 18.0 Å². The van der Waals surface area contributed by atoms with E-state index in [2.05, 4.69) is 25.4 Å². The number of hydrogen-bond donors (Lipinski definition) is 0. The van der Waals surface area contributed by atoms with Crippen molar-refractivity contribution in [3.63, 3.8) is 0 Å². The third-order valence-electron chi connectivity index (χ3n) is 5.04. The molecular formula is C24H23N5O3S. The number of hydrogen-bond acceptors (Lipinski definition) is 6. The van der Waals surface area contributed by atoms with Gasteiger partial charge in [-0.2, -0.15) is 5.10 Å². The number of amides is 1. The first kappa shape index (κ1) is 22.3. The van der Waals surface area contributed by atoms with E-state index in [4.69, 9.17) is 5.10 Å². The van der Waals surface area contributed by atoms with Gasteiger partial charge in [-0.15, -0.1) is 17.9 Å². The van der Waals surface area contributed by atoms with Gasteiger partial charge in [0.1, 0.15) is 0 Å². The number of aromatic nitrogens is 1. The molecule has 1 amide bonds. The van der Waals surface area contributed by atoms with Gasteiger partial charge in [0.15, 0.2) is 5.71 Å². The Morgan fingerprint density at radius 1 is 1.21 bits per heavy atom. The molecule has 1 aliphatic heterocycles. The van der Waals surface area contributed by atoms with Crippen LogP contribution in [0.15, 0.2) is 76.7 Å². The number of carbonyl (C=O) groups excluding carboxylic acids is 1. The van der Waals surface area contributed by atoms with Crippen molar-refractivity contribution >= 4 is 34.3 Å². The van der Waals surface area contributed by atoms with E-state index in [0.717, 1.165) is 11.3 Å². The molecule has 2 aromatic carbocycles. The molecule has 3 aromatic rings. The molecule has 0 N–H and O–H groups in total. The van der Waals surface area contributed by atoms with Crippen LogP contribution >= 0.6 is 11.3 Å². The lowest BCUT2D eigenvalue weighted by atomic mass is 10.1. The van der Waals surface area contributed by atoms with Gasteiger partial charge < -0.3 is 4.90 Å². The Labute approximate surface area is 195 Å². The zero-order valence-electron chi connectivity index (χ0n) is 18.3. The zero-order valence-corrected chi connectivity index (χ0v) is 19.2. The number of benzene rings is 2. The highest BCUT2D eigenvalue weighted by Crippen LogP contribution is 2.31. The number of fused-ring (bicyclic) bond motifs is 1. The van der Waals surface area contributed by atoms with E-state index in [9.17, 15) is 14.9 Å². The number of para-hydroxylation sites is 1. The molecule has 4 rings (SSSR count). The Balaban J connectivity index is 1.91. The summed E-state index contributed by atoms with van der Waals surface area (Å²) in [6.07, 6.45) is 1.67. The fourth-order valence-electron chi connectivity index (χ4n) is 3.63. The molecule has 0 fully saturated rings. The third-order valence-corrected chi connectivity index (χ3v) is 5.89. The van der Waals surface area contributed by atoms with E-state index in [1.54, 1.807) is 27.8 Å². The largest absolute Gasteiger partial charge is 0.306 e. The van der Waals surface area contributed by atoms with Crippen LogP contribution in [0.2, 0.25) is 0 Å². The summed E-state index contributed by atoms with van der Waals surface area (Å²) in [7, 11) is 0. The average molecular weight is 462 g/mol.